The highest BCUT2D eigenvalue weighted by atomic mass is 35.5. The molecule has 1 N–H and O–H groups in total. The second-order valence-electron chi connectivity index (χ2n) is 6.05. The molecule has 27 heavy (non-hydrogen) atoms. The highest BCUT2D eigenvalue weighted by molar-refractivity contribution is 8.00. The van der Waals surface area contributed by atoms with Gasteiger partial charge in [0, 0.05) is 10.6 Å². The Hall–Kier alpha value is -2.38. The molecule has 1 amide bonds. The minimum Gasteiger partial charge on any atom is -0.411 e. The van der Waals surface area contributed by atoms with Crippen LogP contribution in [0, 0.1) is 19.7 Å². The zero-order chi connectivity index (χ0) is 19.6. The molecule has 1 aromatic heterocycles. The van der Waals surface area contributed by atoms with E-state index in [-0.39, 0.29) is 21.8 Å². The number of thioether (sulfide) groups is 1. The summed E-state index contributed by atoms with van der Waals surface area (Å²) in [5.41, 5.74) is 3.18. The first-order valence-corrected chi connectivity index (χ1v) is 9.43. The predicted octanol–water partition coefficient (Wildman–Crippen LogP) is 5.27. The smallest absolute Gasteiger partial charge is 0.277 e. The van der Waals surface area contributed by atoms with Crippen molar-refractivity contribution >= 4 is 35.0 Å². The molecule has 0 saturated carbocycles. The topological polar surface area (TPSA) is 68.0 Å². The maximum Gasteiger partial charge on any atom is 0.277 e. The fraction of sp³-hybridized carbons (Fsp3) is 0.211. The molecule has 0 unspecified atom stereocenters. The molecule has 0 radical (unpaired) electrons. The quantitative estimate of drug-likeness (QED) is 0.586. The van der Waals surface area contributed by atoms with Crippen LogP contribution in [0.4, 0.5) is 10.1 Å². The van der Waals surface area contributed by atoms with E-state index in [4.69, 9.17) is 16.0 Å². The average molecular weight is 406 g/mol. The first-order chi connectivity index (χ1) is 12.8. The fourth-order valence-corrected chi connectivity index (χ4v) is 3.12. The van der Waals surface area contributed by atoms with Crippen LogP contribution in [0.15, 0.2) is 46.0 Å². The molecule has 3 rings (SSSR count). The Balaban J connectivity index is 1.67. The average Bonchev–Trinajstić information content (AvgIpc) is 3.08. The van der Waals surface area contributed by atoms with Crippen LogP contribution in [0.1, 0.15) is 18.1 Å². The summed E-state index contributed by atoms with van der Waals surface area (Å²) < 4.78 is 19.5. The summed E-state index contributed by atoms with van der Waals surface area (Å²) in [7, 11) is 0. The number of halogens is 2. The number of carbonyl (C=O) groups excluding carboxylic acids is 1. The van der Waals surface area contributed by atoms with Crippen molar-refractivity contribution in [1.82, 2.24) is 10.2 Å². The van der Waals surface area contributed by atoms with Crippen LogP contribution in [0.5, 0.6) is 0 Å². The number of aromatic nitrogens is 2. The number of nitrogens with zero attached hydrogens (tertiary/aromatic N) is 2. The van der Waals surface area contributed by atoms with Crippen molar-refractivity contribution in [3.05, 3.63) is 58.4 Å². The Morgan fingerprint density at radius 2 is 1.96 bits per heavy atom. The number of carbonyl (C=O) groups is 1. The molecule has 0 aliphatic rings. The first-order valence-electron chi connectivity index (χ1n) is 8.17. The Labute approximate surface area is 165 Å². The largest absolute Gasteiger partial charge is 0.411 e. The molecule has 0 aliphatic heterocycles. The van der Waals surface area contributed by atoms with E-state index in [0.29, 0.717) is 5.89 Å². The van der Waals surface area contributed by atoms with Crippen LogP contribution in [-0.4, -0.2) is 21.4 Å². The summed E-state index contributed by atoms with van der Waals surface area (Å²) in [6.45, 7) is 5.71. The van der Waals surface area contributed by atoms with Gasteiger partial charge < -0.3 is 9.73 Å². The number of anilines is 1. The molecule has 0 saturated heterocycles. The third-order valence-corrected chi connectivity index (χ3v) is 5.17. The number of nitrogens with one attached hydrogen (secondary N) is 1. The third kappa shape index (κ3) is 4.67. The predicted molar refractivity (Wildman–Crippen MR) is 105 cm³/mol. The molecule has 1 atom stereocenters. The fourth-order valence-electron chi connectivity index (χ4n) is 2.28. The molecular weight excluding hydrogens is 389 g/mol. The van der Waals surface area contributed by atoms with Gasteiger partial charge in [-0.15, -0.1) is 10.2 Å². The van der Waals surface area contributed by atoms with Crippen molar-refractivity contribution in [1.29, 1.82) is 0 Å². The minimum absolute atomic E-state index is 0.0678. The number of amides is 1. The molecule has 0 aliphatic carbocycles. The molecule has 0 bridgehead atoms. The molecule has 140 valence electrons. The van der Waals surface area contributed by atoms with Crippen LogP contribution < -0.4 is 5.32 Å². The monoisotopic (exact) mass is 405 g/mol. The first kappa shape index (κ1) is 19.4. The Bertz CT molecular complexity index is 993. The zero-order valence-corrected chi connectivity index (χ0v) is 16.5. The Kier molecular flexibility index (Phi) is 5.82. The van der Waals surface area contributed by atoms with E-state index in [1.165, 1.54) is 17.7 Å². The summed E-state index contributed by atoms with van der Waals surface area (Å²) >= 11 is 6.81. The van der Waals surface area contributed by atoms with Crippen LogP contribution in [0.3, 0.4) is 0 Å². The van der Waals surface area contributed by atoms with Crippen LogP contribution >= 0.6 is 23.4 Å². The standard InChI is InChI=1S/C19H17ClFN3O2S/c1-10-4-5-13(8-11(10)2)18-23-24-19(26-18)27-12(3)17(25)22-16-7-6-14(20)9-15(16)21/h4-9,12H,1-3H3,(H,22,25)/t12-/m0/s1. The lowest BCUT2D eigenvalue weighted by Crippen LogP contribution is -2.23. The molecular formula is C19H17ClFN3O2S. The van der Waals surface area contributed by atoms with E-state index >= 15 is 0 Å². The lowest BCUT2D eigenvalue weighted by molar-refractivity contribution is -0.115. The van der Waals surface area contributed by atoms with E-state index in [1.807, 2.05) is 32.0 Å². The number of aryl methyl sites for hydroxylation is 2. The van der Waals surface area contributed by atoms with Crippen LogP contribution in [0.25, 0.3) is 11.5 Å². The third-order valence-electron chi connectivity index (χ3n) is 4.00. The van der Waals surface area contributed by atoms with Gasteiger partial charge in [-0.2, -0.15) is 0 Å². The van der Waals surface area contributed by atoms with Gasteiger partial charge in [0.25, 0.3) is 5.22 Å². The number of hydrogen-bond acceptors (Lipinski definition) is 5. The van der Waals surface area contributed by atoms with Gasteiger partial charge in [0.2, 0.25) is 11.8 Å². The van der Waals surface area contributed by atoms with Gasteiger partial charge in [0.05, 0.1) is 10.9 Å². The zero-order valence-electron chi connectivity index (χ0n) is 14.9. The second kappa shape index (κ2) is 8.10. The van der Waals surface area contributed by atoms with Gasteiger partial charge >= 0.3 is 0 Å². The van der Waals surface area contributed by atoms with Crippen LogP contribution in [-0.2, 0) is 4.79 Å². The van der Waals surface area contributed by atoms with Crippen molar-refractivity contribution in [2.45, 2.75) is 31.2 Å². The SMILES string of the molecule is Cc1ccc(-c2nnc(S[C@@H](C)C(=O)Nc3ccc(Cl)cc3F)o2)cc1C. The maximum atomic E-state index is 13.8. The van der Waals surface area contributed by atoms with E-state index < -0.39 is 11.1 Å². The van der Waals surface area contributed by atoms with Crippen molar-refractivity contribution in [3.63, 3.8) is 0 Å². The van der Waals surface area contributed by atoms with Crippen molar-refractivity contribution in [3.8, 4) is 11.5 Å². The van der Waals surface area contributed by atoms with Gasteiger partial charge in [-0.05, 0) is 62.2 Å². The van der Waals surface area contributed by atoms with Gasteiger partial charge in [-0.25, -0.2) is 4.39 Å². The molecule has 0 spiro atoms. The van der Waals surface area contributed by atoms with Crippen molar-refractivity contribution < 1.29 is 13.6 Å². The molecule has 3 aromatic rings. The van der Waals surface area contributed by atoms with Crippen molar-refractivity contribution in [2.24, 2.45) is 0 Å². The highest BCUT2D eigenvalue weighted by Gasteiger charge is 2.20. The summed E-state index contributed by atoms with van der Waals surface area (Å²) in [6, 6.07) is 9.92. The number of hydrogen-bond donors (Lipinski definition) is 1. The summed E-state index contributed by atoms with van der Waals surface area (Å²) in [5.74, 6) is -0.591. The lowest BCUT2D eigenvalue weighted by atomic mass is 10.1. The number of benzene rings is 2. The van der Waals surface area contributed by atoms with E-state index in [1.54, 1.807) is 6.92 Å². The van der Waals surface area contributed by atoms with E-state index in [0.717, 1.165) is 29.0 Å². The van der Waals surface area contributed by atoms with Gasteiger partial charge in [0.15, 0.2) is 0 Å². The summed E-state index contributed by atoms with van der Waals surface area (Å²) in [4.78, 5) is 12.3. The summed E-state index contributed by atoms with van der Waals surface area (Å²) in [5, 5.41) is 10.5. The van der Waals surface area contributed by atoms with E-state index in [9.17, 15) is 9.18 Å². The molecule has 8 heteroatoms. The molecule has 5 nitrogen and oxygen atoms in total. The van der Waals surface area contributed by atoms with Crippen molar-refractivity contribution in [2.75, 3.05) is 5.32 Å². The van der Waals surface area contributed by atoms with Gasteiger partial charge in [0.1, 0.15) is 5.82 Å². The molecule has 0 fully saturated rings. The van der Waals surface area contributed by atoms with E-state index in [2.05, 4.69) is 15.5 Å². The second-order valence-corrected chi connectivity index (χ2v) is 7.77. The molecule has 2 aromatic carbocycles. The maximum absolute atomic E-state index is 13.8. The minimum atomic E-state index is -0.595. The highest BCUT2D eigenvalue weighted by Crippen LogP contribution is 2.28. The number of rotatable bonds is 5. The van der Waals surface area contributed by atoms with Gasteiger partial charge in [-0.1, -0.05) is 29.4 Å². The lowest BCUT2D eigenvalue weighted by Gasteiger charge is -2.10. The normalized spacial score (nSPS) is 12.0. The van der Waals surface area contributed by atoms with Crippen LogP contribution in [0.2, 0.25) is 5.02 Å². The summed E-state index contributed by atoms with van der Waals surface area (Å²) in [6.07, 6.45) is 0. The Morgan fingerprint density at radius 3 is 2.67 bits per heavy atom. The molecule has 1 heterocycles. The Morgan fingerprint density at radius 1 is 1.19 bits per heavy atom. The van der Waals surface area contributed by atoms with Gasteiger partial charge in [-0.3, -0.25) is 4.79 Å².